The molecule has 1 amide bonds. The molecule has 1 unspecified atom stereocenters. The number of carbonyl (C=O) groups excluding carboxylic acids is 1. The van der Waals surface area contributed by atoms with Crippen LogP contribution < -0.4 is 9.62 Å². The van der Waals surface area contributed by atoms with Gasteiger partial charge in [0.25, 0.3) is 17.2 Å². The maximum atomic E-state index is 12.7. The Bertz CT molecular complexity index is 1060. The van der Waals surface area contributed by atoms with Crippen molar-refractivity contribution in [2.75, 3.05) is 4.31 Å². The number of hydrogen-bond acceptors (Lipinski definition) is 2. The number of carbonyl (C=O) groups is 1. The minimum absolute atomic E-state index is 0.0809. The largest absolute Gasteiger partial charge is 0.349 e. The van der Waals surface area contributed by atoms with Gasteiger partial charge in [-0.2, -0.15) is 0 Å². The third-order valence-electron chi connectivity index (χ3n) is 5.91. The fourth-order valence-corrected chi connectivity index (χ4v) is 4.74. The second-order valence-corrected chi connectivity index (χ2v) is 9.09. The lowest BCUT2D eigenvalue weighted by molar-refractivity contribution is 0.0927. The second kappa shape index (κ2) is 10.6. The lowest BCUT2D eigenvalue weighted by atomic mass is 9.95. The fraction of sp³-hybridized carbons (Fsp3) is 0.269. The van der Waals surface area contributed by atoms with Crippen LogP contribution in [0.5, 0.6) is 0 Å². The van der Waals surface area contributed by atoms with E-state index in [1.54, 1.807) is 12.1 Å². The highest BCUT2D eigenvalue weighted by atomic mass is 32.2. The van der Waals surface area contributed by atoms with E-state index in [1.165, 1.54) is 10.7 Å². The summed E-state index contributed by atoms with van der Waals surface area (Å²) in [7, 11) is 0. The zero-order valence-electron chi connectivity index (χ0n) is 17.9. The van der Waals surface area contributed by atoms with Crippen molar-refractivity contribution in [1.82, 2.24) is 5.32 Å². The van der Waals surface area contributed by atoms with Crippen molar-refractivity contribution in [3.63, 3.8) is 0 Å². The molecule has 0 spiro atoms. The molecule has 0 aromatic heterocycles. The molecule has 166 valence electrons. The first-order valence-corrected chi connectivity index (χ1v) is 12.1. The first-order chi connectivity index (χ1) is 15.6. The summed E-state index contributed by atoms with van der Waals surface area (Å²) in [6.07, 6.45) is 5.61. The van der Waals surface area contributed by atoms with Gasteiger partial charge in [0, 0.05) is 11.6 Å². The Morgan fingerprint density at radius 3 is 2.28 bits per heavy atom. The summed E-state index contributed by atoms with van der Waals surface area (Å²) in [4.78, 5) is 12.7. The fourth-order valence-electron chi connectivity index (χ4n) is 4.18. The van der Waals surface area contributed by atoms with Gasteiger partial charge in [0.05, 0.1) is 12.2 Å². The molecule has 1 aliphatic rings. The van der Waals surface area contributed by atoms with Gasteiger partial charge in [-0.3, -0.25) is 13.7 Å². The quantitative estimate of drug-likeness (QED) is 0.465. The molecular formula is C26H28N2O3S. The summed E-state index contributed by atoms with van der Waals surface area (Å²) < 4.78 is 23.4. The molecule has 1 atom stereocenters. The van der Waals surface area contributed by atoms with Gasteiger partial charge in [0.2, 0.25) is 0 Å². The minimum atomic E-state index is -2.20. The van der Waals surface area contributed by atoms with Crippen molar-refractivity contribution >= 4 is 22.9 Å². The zero-order valence-corrected chi connectivity index (χ0v) is 18.8. The number of anilines is 1. The van der Waals surface area contributed by atoms with Crippen LogP contribution in [0.3, 0.4) is 0 Å². The summed E-state index contributed by atoms with van der Waals surface area (Å²) in [5.74, 6) is -0.0809. The average molecular weight is 449 g/mol. The molecule has 2 N–H and O–H groups in total. The Balaban J connectivity index is 1.48. The molecule has 1 aliphatic carbocycles. The Morgan fingerprint density at radius 2 is 1.59 bits per heavy atom. The monoisotopic (exact) mass is 448 g/mol. The number of nitrogens with zero attached hydrogens (tertiary/aromatic N) is 1. The van der Waals surface area contributed by atoms with Gasteiger partial charge in [-0.25, -0.2) is 4.21 Å². The van der Waals surface area contributed by atoms with Crippen molar-refractivity contribution in [2.45, 2.75) is 44.7 Å². The molecule has 1 saturated carbocycles. The molecule has 3 aromatic rings. The molecule has 6 heteroatoms. The molecule has 0 aliphatic heterocycles. The third kappa shape index (κ3) is 5.64. The standard InChI is InChI=1S/C26H28N2O3S/c29-26(27-24-12-5-2-6-13-24)23-11-7-8-20(18-23)19-28(32(30)31)25-16-14-22(15-17-25)21-9-3-1-4-10-21/h1,3-4,7-11,14-18,24H,2,5-6,12-13,19H2,(H,27,29)(H,30,31). The number of rotatable bonds is 7. The molecule has 1 fully saturated rings. The van der Waals surface area contributed by atoms with Crippen LogP contribution in [0.15, 0.2) is 78.9 Å². The van der Waals surface area contributed by atoms with E-state index in [1.807, 2.05) is 66.7 Å². The first-order valence-electron chi connectivity index (χ1n) is 11.0. The van der Waals surface area contributed by atoms with Gasteiger partial charge >= 0.3 is 0 Å². The summed E-state index contributed by atoms with van der Waals surface area (Å²) in [5.41, 5.74) is 4.15. The Morgan fingerprint density at radius 1 is 0.906 bits per heavy atom. The van der Waals surface area contributed by atoms with Gasteiger partial charge < -0.3 is 5.32 Å². The van der Waals surface area contributed by atoms with E-state index in [9.17, 15) is 13.6 Å². The van der Waals surface area contributed by atoms with Crippen LogP contribution in [0.25, 0.3) is 11.1 Å². The number of nitrogens with one attached hydrogen (secondary N) is 1. The van der Waals surface area contributed by atoms with E-state index in [0.717, 1.165) is 42.4 Å². The molecular weight excluding hydrogens is 420 g/mol. The SMILES string of the molecule is O=C(NC1CCCCC1)c1cccc(CN(c2ccc(-c3ccccc3)cc2)S(=O)O)c1. The smallest absolute Gasteiger partial charge is 0.262 e. The van der Waals surface area contributed by atoms with Crippen LogP contribution in [-0.4, -0.2) is 20.7 Å². The molecule has 4 rings (SSSR count). The third-order valence-corrected chi connectivity index (χ3v) is 6.62. The molecule has 5 nitrogen and oxygen atoms in total. The topological polar surface area (TPSA) is 69.6 Å². The summed E-state index contributed by atoms with van der Waals surface area (Å²) in [6, 6.07) is 25.1. The van der Waals surface area contributed by atoms with E-state index in [0.29, 0.717) is 11.3 Å². The van der Waals surface area contributed by atoms with Gasteiger partial charge in [0.1, 0.15) is 0 Å². The van der Waals surface area contributed by atoms with Crippen LogP contribution >= 0.6 is 0 Å². The molecule has 0 heterocycles. The van der Waals surface area contributed by atoms with Crippen molar-refractivity contribution in [3.8, 4) is 11.1 Å². The van der Waals surface area contributed by atoms with E-state index >= 15 is 0 Å². The lowest BCUT2D eigenvalue weighted by Crippen LogP contribution is -2.36. The van der Waals surface area contributed by atoms with Crippen molar-refractivity contribution in [1.29, 1.82) is 0 Å². The minimum Gasteiger partial charge on any atom is -0.349 e. The first kappa shape index (κ1) is 22.2. The number of amides is 1. The highest BCUT2D eigenvalue weighted by molar-refractivity contribution is 7.80. The van der Waals surface area contributed by atoms with Crippen molar-refractivity contribution < 1.29 is 13.6 Å². The van der Waals surface area contributed by atoms with Gasteiger partial charge in [-0.1, -0.05) is 73.9 Å². The zero-order chi connectivity index (χ0) is 22.3. The maximum absolute atomic E-state index is 12.7. The van der Waals surface area contributed by atoms with E-state index < -0.39 is 11.3 Å². The van der Waals surface area contributed by atoms with Gasteiger partial charge in [0.15, 0.2) is 0 Å². The number of benzene rings is 3. The van der Waals surface area contributed by atoms with Crippen LogP contribution in [0, 0.1) is 0 Å². The Hall–Kier alpha value is -2.96. The van der Waals surface area contributed by atoms with E-state index in [2.05, 4.69) is 5.32 Å². The van der Waals surface area contributed by atoms with Crippen LogP contribution in [0.4, 0.5) is 5.69 Å². The molecule has 32 heavy (non-hydrogen) atoms. The van der Waals surface area contributed by atoms with Crippen molar-refractivity contribution in [2.24, 2.45) is 0 Å². The van der Waals surface area contributed by atoms with E-state index in [-0.39, 0.29) is 18.5 Å². The highest BCUT2D eigenvalue weighted by Crippen LogP contribution is 2.25. The van der Waals surface area contributed by atoms with Crippen LogP contribution in [0.2, 0.25) is 0 Å². The molecule has 0 bridgehead atoms. The predicted molar refractivity (Wildman–Crippen MR) is 130 cm³/mol. The second-order valence-electron chi connectivity index (χ2n) is 8.19. The molecule has 0 radical (unpaired) electrons. The predicted octanol–water partition coefficient (Wildman–Crippen LogP) is 5.56. The maximum Gasteiger partial charge on any atom is 0.262 e. The van der Waals surface area contributed by atoms with Crippen molar-refractivity contribution in [3.05, 3.63) is 90.0 Å². The lowest BCUT2D eigenvalue weighted by Gasteiger charge is -2.23. The Labute approximate surface area is 191 Å². The van der Waals surface area contributed by atoms with Crippen LogP contribution in [0.1, 0.15) is 48.0 Å². The average Bonchev–Trinajstić information content (AvgIpc) is 2.84. The van der Waals surface area contributed by atoms with Gasteiger partial charge in [-0.05, 0) is 53.8 Å². The molecule has 0 saturated heterocycles. The van der Waals surface area contributed by atoms with Crippen LogP contribution in [-0.2, 0) is 17.8 Å². The molecule has 3 aromatic carbocycles. The summed E-state index contributed by atoms with van der Waals surface area (Å²) in [5, 5.41) is 3.13. The van der Waals surface area contributed by atoms with Gasteiger partial charge in [-0.15, -0.1) is 0 Å². The normalized spacial score (nSPS) is 15.2. The highest BCUT2D eigenvalue weighted by Gasteiger charge is 2.18. The number of hydrogen-bond donors (Lipinski definition) is 2. The summed E-state index contributed by atoms with van der Waals surface area (Å²) >= 11 is -2.20. The van der Waals surface area contributed by atoms with E-state index in [4.69, 9.17) is 0 Å². The Kier molecular flexibility index (Phi) is 7.35. The summed E-state index contributed by atoms with van der Waals surface area (Å²) in [6.45, 7) is 0.221.